The van der Waals surface area contributed by atoms with E-state index in [1.807, 2.05) is 24.3 Å². The maximum Gasteiger partial charge on any atom is 0.129 e. The van der Waals surface area contributed by atoms with Gasteiger partial charge in [0, 0.05) is 18.1 Å². The summed E-state index contributed by atoms with van der Waals surface area (Å²) in [6.45, 7) is 2.11. The molecule has 0 saturated carbocycles. The summed E-state index contributed by atoms with van der Waals surface area (Å²) >= 11 is 5.93. The van der Waals surface area contributed by atoms with Gasteiger partial charge in [0.05, 0.1) is 6.20 Å². The largest absolute Gasteiger partial charge is 0.357 e. The zero-order valence-electron chi connectivity index (χ0n) is 10.7. The molecule has 0 atom stereocenters. The van der Waals surface area contributed by atoms with Crippen molar-refractivity contribution in [3.8, 4) is 0 Å². The van der Waals surface area contributed by atoms with Crippen molar-refractivity contribution in [3.63, 3.8) is 0 Å². The van der Waals surface area contributed by atoms with Crippen LogP contribution < -0.4 is 4.90 Å². The van der Waals surface area contributed by atoms with E-state index in [0.29, 0.717) is 5.92 Å². The number of anilines is 1. The first-order valence-corrected chi connectivity index (χ1v) is 7.04. The van der Waals surface area contributed by atoms with Gasteiger partial charge in [-0.2, -0.15) is 0 Å². The predicted molar refractivity (Wildman–Crippen MR) is 78.7 cm³/mol. The molecular weight excluding hydrogens is 256 g/mol. The second-order valence-corrected chi connectivity index (χ2v) is 5.37. The van der Waals surface area contributed by atoms with Crippen LogP contribution in [0.1, 0.15) is 24.3 Å². The van der Waals surface area contributed by atoms with Gasteiger partial charge < -0.3 is 4.90 Å². The van der Waals surface area contributed by atoms with Crippen LogP contribution in [0.15, 0.2) is 42.5 Å². The van der Waals surface area contributed by atoms with E-state index in [1.54, 1.807) is 0 Å². The Bertz CT molecular complexity index is 516. The van der Waals surface area contributed by atoms with Gasteiger partial charge in [0.25, 0.3) is 0 Å². The smallest absolute Gasteiger partial charge is 0.129 e. The van der Waals surface area contributed by atoms with Gasteiger partial charge in [-0.05, 0) is 48.6 Å². The zero-order chi connectivity index (χ0) is 13.1. The lowest BCUT2D eigenvalue weighted by Crippen LogP contribution is -2.33. The molecule has 0 spiro atoms. The van der Waals surface area contributed by atoms with E-state index >= 15 is 0 Å². The fraction of sp³-hybridized carbons (Fsp3) is 0.312. The third-order valence-electron chi connectivity index (χ3n) is 3.76. The van der Waals surface area contributed by atoms with Gasteiger partial charge in [0.15, 0.2) is 0 Å². The van der Waals surface area contributed by atoms with Crippen LogP contribution in [0.25, 0.3) is 0 Å². The number of rotatable bonds is 2. The molecule has 0 N–H and O–H groups in total. The molecule has 2 aromatic rings. The second kappa shape index (κ2) is 5.62. The Morgan fingerprint density at radius 3 is 2.47 bits per heavy atom. The SMILES string of the molecule is Clc1ccc(C2CCN(c3ccc[c]n3)CC2)cc1. The lowest BCUT2D eigenvalue weighted by Gasteiger charge is -2.33. The predicted octanol–water partition coefficient (Wildman–Crippen LogP) is 3.92. The highest BCUT2D eigenvalue weighted by Gasteiger charge is 2.21. The third kappa shape index (κ3) is 2.90. The molecule has 1 aliphatic heterocycles. The molecule has 0 amide bonds. The molecule has 2 nitrogen and oxygen atoms in total. The van der Waals surface area contributed by atoms with Crippen molar-refractivity contribution >= 4 is 17.4 Å². The van der Waals surface area contributed by atoms with Crippen LogP contribution in [0.5, 0.6) is 0 Å². The van der Waals surface area contributed by atoms with E-state index < -0.39 is 0 Å². The fourth-order valence-electron chi connectivity index (χ4n) is 2.67. The number of halogens is 1. The summed E-state index contributed by atoms with van der Waals surface area (Å²) in [7, 11) is 0. The van der Waals surface area contributed by atoms with Crippen molar-refractivity contribution in [3.05, 3.63) is 59.2 Å². The summed E-state index contributed by atoms with van der Waals surface area (Å²) in [6, 6.07) is 14.2. The number of aromatic nitrogens is 1. The maximum absolute atomic E-state index is 5.93. The zero-order valence-corrected chi connectivity index (χ0v) is 11.5. The van der Waals surface area contributed by atoms with E-state index in [1.165, 1.54) is 5.56 Å². The lowest BCUT2D eigenvalue weighted by atomic mass is 9.89. The van der Waals surface area contributed by atoms with E-state index in [0.717, 1.165) is 36.8 Å². The molecule has 0 bridgehead atoms. The summed E-state index contributed by atoms with van der Waals surface area (Å²) < 4.78 is 0. The van der Waals surface area contributed by atoms with E-state index in [-0.39, 0.29) is 0 Å². The number of piperidine rings is 1. The first-order valence-electron chi connectivity index (χ1n) is 6.66. The summed E-state index contributed by atoms with van der Waals surface area (Å²) in [4.78, 5) is 6.63. The van der Waals surface area contributed by atoms with Crippen LogP contribution in [0, 0.1) is 6.20 Å². The first kappa shape index (κ1) is 12.5. The topological polar surface area (TPSA) is 16.1 Å². The molecule has 3 heteroatoms. The van der Waals surface area contributed by atoms with Gasteiger partial charge in [-0.25, -0.2) is 4.98 Å². The number of hydrogen-bond donors (Lipinski definition) is 0. The molecule has 2 heterocycles. The minimum absolute atomic E-state index is 0.640. The molecule has 1 aromatic heterocycles. The molecule has 1 saturated heterocycles. The molecule has 1 aliphatic rings. The first-order chi connectivity index (χ1) is 9.33. The van der Waals surface area contributed by atoms with Crippen LogP contribution in [0.2, 0.25) is 5.02 Å². The maximum atomic E-state index is 5.93. The summed E-state index contributed by atoms with van der Waals surface area (Å²) in [6.07, 6.45) is 5.23. The van der Waals surface area contributed by atoms with Crippen molar-refractivity contribution in [1.82, 2.24) is 4.98 Å². The summed E-state index contributed by atoms with van der Waals surface area (Å²) in [5, 5.41) is 0.810. The fourth-order valence-corrected chi connectivity index (χ4v) is 2.80. The van der Waals surface area contributed by atoms with Crippen molar-refractivity contribution in [2.45, 2.75) is 18.8 Å². The summed E-state index contributed by atoms with van der Waals surface area (Å²) in [5.74, 6) is 1.68. The van der Waals surface area contributed by atoms with Crippen molar-refractivity contribution in [2.75, 3.05) is 18.0 Å². The Morgan fingerprint density at radius 1 is 1.11 bits per heavy atom. The second-order valence-electron chi connectivity index (χ2n) is 4.94. The standard InChI is InChI=1S/C16H16ClN2/c17-15-6-4-13(5-7-15)14-8-11-19(12-9-14)16-3-1-2-10-18-16/h1-7,14H,8-9,11-12H2. The quantitative estimate of drug-likeness (QED) is 0.823. The summed E-state index contributed by atoms with van der Waals surface area (Å²) in [5.41, 5.74) is 1.40. The van der Waals surface area contributed by atoms with Crippen LogP contribution >= 0.6 is 11.6 Å². The van der Waals surface area contributed by atoms with Gasteiger partial charge >= 0.3 is 0 Å². The van der Waals surface area contributed by atoms with Gasteiger partial charge in [-0.1, -0.05) is 29.8 Å². The van der Waals surface area contributed by atoms with Gasteiger partial charge in [-0.15, -0.1) is 0 Å². The van der Waals surface area contributed by atoms with Crippen molar-refractivity contribution < 1.29 is 0 Å². The van der Waals surface area contributed by atoms with Crippen molar-refractivity contribution in [2.24, 2.45) is 0 Å². The highest BCUT2D eigenvalue weighted by molar-refractivity contribution is 6.30. The number of nitrogens with zero attached hydrogens (tertiary/aromatic N) is 2. The normalized spacial score (nSPS) is 16.6. The Kier molecular flexibility index (Phi) is 3.69. The average molecular weight is 272 g/mol. The van der Waals surface area contributed by atoms with Gasteiger partial charge in [-0.3, -0.25) is 0 Å². The number of pyridine rings is 1. The molecule has 97 valence electrons. The van der Waals surface area contributed by atoms with E-state index in [2.05, 4.69) is 34.3 Å². The molecule has 0 unspecified atom stereocenters. The molecule has 1 fully saturated rings. The Balaban J connectivity index is 1.65. The van der Waals surface area contributed by atoms with Crippen molar-refractivity contribution in [1.29, 1.82) is 0 Å². The molecule has 3 rings (SSSR count). The molecule has 1 aromatic carbocycles. The molecule has 0 aliphatic carbocycles. The van der Waals surface area contributed by atoms with E-state index in [4.69, 9.17) is 11.6 Å². The lowest BCUT2D eigenvalue weighted by molar-refractivity contribution is 0.502. The van der Waals surface area contributed by atoms with E-state index in [9.17, 15) is 0 Å². The van der Waals surface area contributed by atoms with Gasteiger partial charge in [0.1, 0.15) is 5.82 Å². The van der Waals surface area contributed by atoms with Crippen LogP contribution in [0.3, 0.4) is 0 Å². The average Bonchev–Trinajstić information content (AvgIpc) is 2.49. The van der Waals surface area contributed by atoms with Crippen LogP contribution in [-0.2, 0) is 0 Å². The Hall–Kier alpha value is -1.54. The monoisotopic (exact) mass is 271 g/mol. The van der Waals surface area contributed by atoms with Crippen LogP contribution in [0.4, 0.5) is 5.82 Å². The Labute approximate surface area is 119 Å². The minimum atomic E-state index is 0.640. The van der Waals surface area contributed by atoms with Gasteiger partial charge in [0.2, 0.25) is 0 Å². The minimum Gasteiger partial charge on any atom is -0.357 e. The molecule has 19 heavy (non-hydrogen) atoms. The van der Waals surface area contributed by atoms with Crippen LogP contribution in [-0.4, -0.2) is 18.1 Å². The number of hydrogen-bond acceptors (Lipinski definition) is 2. The Morgan fingerprint density at radius 2 is 1.84 bits per heavy atom. The number of benzene rings is 1. The molecular formula is C16H16ClN2. The highest BCUT2D eigenvalue weighted by atomic mass is 35.5. The third-order valence-corrected chi connectivity index (χ3v) is 4.01. The molecule has 1 radical (unpaired) electrons. The highest BCUT2D eigenvalue weighted by Crippen LogP contribution is 2.30.